The molecule has 4 aromatic rings. The van der Waals surface area contributed by atoms with Gasteiger partial charge in [-0.3, -0.25) is 9.13 Å². The van der Waals surface area contributed by atoms with E-state index in [1.165, 1.54) is 12.1 Å². The molecule has 0 radical (unpaired) electrons. The van der Waals surface area contributed by atoms with E-state index in [1.54, 1.807) is 30.3 Å². The minimum absolute atomic E-state index is 0.102. The van der Waals surface area contributed by atoms with Crippen LogP contribution in [-0.4, -0.2) is 32.3 Å². The lowest BCUT2D eigenvalue weighted by Crippen LogP contribution is -2.30. The lowest BCUT2D eigenvalue weighted by molar-refractivity contribution is 0.0564. The monoisotopic (exact) mass is 647 g/mol. The van der Waals surface area contributed by atoms with Crippen LogP contribution in [0.2, 0.25) is 0 Å². The number of alkyl halides is 4. The van der Waals surface area contributed by atoms with Crippen molar-refractivity contribution in [2.24, 2.45) is 0 Å². The maximum absolute atomic E-state index is 14.1. The van der Waals surface area contributed by atoms with Crippen molar-refractivity contribution in [3.05, 3.63) is 113 Å². The topological polar surface area (TPSA) is 152 Å². The molecule has 4 N–H and O–H groups in total. The number of fused-ring (bicyclic) bond motifs is 1. The lowest BCUT2D eigenvalue weighted by atomic mass is 10.1. The average molecular weight is 647 g/mol. The molecule has 0 amide bonds. The molecule has 4 aromatic carbocycles. The summed E-state index contributed by atoms with van der Waals surface area (Å²) in [6.07, 6.45) is 0. The number of rotatable bonds is 10. The number of halogens is 4. The fourth-order valence-corrected chi connectivity index (χ4v) is 6.75. The molecule has 0 aliphatic carbocycles. The van der Waals surface area contributed by atoms with Crippen LogP contribution >= 0.6 is 15.2 Å². The summed E-state index contributed by atoms with van der Waals surface area (Å²) in [5, 5.41) is 0.977. The highest BCUT2D eigenvalue weighted by atomic mass is 32.2. The zero-order valence-electron chi connectivity index (χ0n) is 21.3. The van der Waals surface area contributed by atoms with Crippen LogP contribution < -0.4 is 0 Å². The van der Waals surface area contributed by atoms with Crippen LogP contribution in [-0.2, 0) is 43.6 Å². The fourth-order valence-electron chi connectivity index (χ4n) is 4.15. The molecular weight excluding hydrogens is 624 g/mol. The Morgan fingerprint density at radius 1 is 0.619 bits per heavy atom. The Bertz CT molecular complexity index is 1720. The molecule has 4 rings (SSSR count). The van der Waals surface area contributed by atoms with E-state index in [1.807, 2.05) is 0 Å². The number of nitrogens with zero attached hydrogens (tertiary/aromatic N) is 1. The van der Waals surface area contributed by atoms with Gasteiger partial charge in [-0.05, 0) is 22.6 Å². The van der Waals surface area contributed by atoms with Gasteiger partial charge in [0.25, 0.3) is 0 Å². The van der Waals surface area contributed by atoms with Crippen LogP contribution in [0.4, 0.5) is 17.6 Å². The first-order valence-electron chi connectivity index (χ1n) is 11.9. The second-order valence-corrected chi connectivity index (χ2v) is 14.5. The third-order valence-electron chi connectivity index (χ3n) is 6.42. The normalized spacial score (nSPS) is 13.5. The summed E-state index contributed by atoms with van der Waals surface area (Å²) in [5.41, 5.74) is -10.6. The summed E-state index contributed by atoms with van der Waals surface area (Å²) >= 11 is 0. The predicted octanol–water partition coefficient (Wildman–Crippen LogP) is 5.68. The number of hydrogen-bond acceptors (Lipinski definition) is 4. The smallest absolute Gasteiger partial charge is 0.320 e. The summed E-state index contributed by atoms with van der Waals surface area (Å²) in [7, 11) is -16.0. The van der Waals surface area contributed by atoms with E-state index in [4.69, 9.17) is 19.6 Å². The van der Waals surface area contributed by atoms with Crippen LogP contribution in [0, 0.1) is 0 Å². The molecule has 9 nitrogen and oxygen atoms in total. The van der Waals surface area contributed by atoms with Crippen molar-refractivity contribution in [1.29, 1.82) is 0 Å². The van der Waals surface area contributed by atoms with Crippen LogP contribution in [0.25, 0.3) is 10.8 Å². The van der Waals surface area contributed by atoms with Crippen LogP contribution in [0.5, 0.6) is 0 Å². The second kappa shape index (κ2) is 11.3. The van der Waals surface area contributed by atoms with Crippen molar-refractivity contribution in [2.45, 2.75) is 29.3 Å². The van der Waals surface area contributed by atoms with Crippen LogP contribution in [0.3, 0.4) is 0 Å². The van der Waals surface area contributed by atoms with E-state index in [0.29, 0.717) is 10.8 Å². The zero-order chi connectivity index (χ0) is 31.1. The van der Waals surface area contributed by atoms with Gasteiger partial charge >= 0.3 is 26.5 Å². The molecule has 0 aliphatic heterocycles. The van der Waals surface area contributed by atoms with Gasteiger partial charge in [0, 0.05) is 29.6 Å². The Labute approximate surface area is 237 Å². The molecule has 16 heteroatoms. The molecule has 42 heavy (non-hydrogen) atoms. The van der Waals surface area contributed by atoms with Gasteiger partial charge in [-0.25, -0.2) is 8.42 Å². The van der Waals surface area contributed by atoms with E-state index in [9.17, 15) is 35.1 Å². The number of hydrogen-bond donors (Lipinski definition) is 4. The Morgan fingerprint density at radius 3 is 1.45 bits per heavy atom. The molecule has 0 spiro atoms. The molecular formula is C26H23F4NO8P2S. The Morgan fingerprint density at radius 2 is 1.02 bits per heavy atom. The van der Waals surface area contributed by atoms with Gasteiger partial charge in [0.2, 0.25) is 10.0 Å². The number of benzene rings is 4. The average Bonchev–Trinajstić information content (AvgIpc) is 2.91. The van der Waals surface area contributed by atoms with Crippen molar-refractivity contribution >= 4 is 36.0 Å². The Hall–Kier alpha value is -2.93. The quantitative estimate of drug-likeness (QED) is 0.127. The van der Waals surface area contributed by atoms with E-state index < -0.39 is 60.8 Å². The van der Waals surface area contributed by atoms with E-state index in [0.717, 1.165) is 52.8 Å². The van der Waals surface area contributed by atoms with Crippen molar-refractivity contribution < 1.29 is 54.7 Å². The molecule has 0 atom stereocenters. The summed E-state index contributed by atoms with van der Waals surface area (Å²) in [6, 6.07) is 18.5. The molecule has 224 valence electrons. The summed E-state index contributed by atoms with van der Waals surface area (Å²) < 4.78 is 108. The Balaban J connectivity index is 1.74. The third kappa shape index (κ3) is 6.22. The van der Waals surface area contributed by atoms with Gasteiger partial charge in [-0.1, -0.05) is 84.9 Å². The van der Waals surface area contributed by atoms with Gasteiger partial charge in [-0.2, -0.15) is 21.9 Å². The minimum Gasteiger partial charge on any atom is -0.320 e. The summed E-state index contributed by atoms with van der Waals surface area (Å²) in [5.74, 6) is 0. The maximum atomic E-state index is 14.1. The highest BCUT2D eigenvalue weighted by molar-refractivity contribution is 7.89. The molecule has 0 saturated carbocycles. The maximum Gasteiger partial charge on any atom is 0.399 e. The molecule has 0 bridgehead atoms. The summed E-state index contributed by atoms with van der Waals surface area (Å²) in [4.78, 5) is 35.9. The zero-order valence-corrected chi connectivity index (χ0v) is 23.9. The first-order chi connectivity index (χ1) is 19.4. The Kier molecular flexibility index (Phi) is 8.60. The van der Waals surface area contributed by atoms with Crippen molar-refractivity contribution in [2.75, 3.05) is 0 Å². The fraction of sp³-hybridized carbons (Fsp3) is 0.154. The minimum atomic E-state index is -5.84. The molecule has 0 saturated heterocycles. The van der Waals surface area contributed by atoms with E-state index in [-0.39, 0.29) is 16.0 Å². The van der Waals surface area contributed by atoms with E-state index >= 15 is 0 Å². The summed E-state index contributed by atoms with van der Waals surface area (Å²) in [6.45, 7) is -0.846. The second-order valence-electron chi connectivity index (χ2n) is 9.31. The largest absolute Gasteiger partial charge is 0.399 e. The molecule has 0 aromatic heterocycles. The molecule has 0 heterocycles. The van der Waals surface area contributed by atoms with Gasteiger partial charge in [0.05, 0.1) is 4.90 Å². The van der Waals surface area contributed by atoms with Crippen LogP contribution in [0.1, 0.15) is 22.3 Å². The van der Waals surface area contributed by atoms with Crippen molar-refractivity contribution in [1.82, 2.24) is 4.31 Å². The van der Waals surface area contributed by atoms with Gasteiger partial charge in [0.1, 0.15) is 0 Å². The SMILES string of the molecule is O=P(O)(O)C(F)(F)c1ccc(CN(Cc2ccc(C(F)(F)P(=O)(O)O)cc2)S(=O)(=O)c2cccc3ccccc23)cc1. The predicted molar refractivity (Wildman–Crippen MR) is 145 cm³/mol. The standard InChI is InChI=1S/C26H23F4NO8P2S/c27-25(28,40(32,33)34)21-12-8-18(9-13-21)16-31(17-19-10-14-22(15-11-19)26(29,30)41(35,36)37)42(38,39)24-7-3-5-20-4-1-2-6-23(20)24/h1-15H,16-17H2,(H2,32,33,34)(H2,35,36,37). The van der Waals surface area contributed by atoms with Crippen molar-refractivity contribution in [3.63, 3.8) is 0 Å². The third-order valence-corrected chi connectivity index (χ3v) is 10.2. The van der Waals surface area contributed by atoms with Crippen molar-refractivity contribution in [3.8, 4) is 0 Å². The van der Waals surface area contributed by atoms with E-state index in [2.05, 4.69) is 0 Å². The highest BCUT2D eigenvalue weighted by Gasteiger charge is 2.51. The van der Waals surface area contributed by atoms with Gasteiger partial charge < -0.3 is 19.6 Å². The first-order valence-corrected chi connectivity index (χ1v) is 16.6. The highest BCUT2D eigenvalue weighted by Crippen LogP contribution is 2.60. The van der Waals surface area contributed by atoms with Gasteiger partial charge in [-0.15, -0.1) is 0 Å². The molecule has 0 fully saturated rings. The first kappa shape index (κ1) is 32.0. The number of sulfonamides is 1. The lowest BCUT2D eigenvalue weighted by Gasteiger charge is -2.24. The molecule has 0 unspecified atom stereocenters. The van der Waals surface area contributed by atoms with Crippen LogP contribution in [0.15, 0.2) is 95.9 Å². The molecule has 0 aliphatic rings. The van der Waals surface area contributed by atoms with Gasteiger partial charge in [0.15, 0.2) is 0 Å².